The van der Waals surface area contributed by atoms with Crippen LogP contribution in [0.15, 0.2) is 36.4 Å². The number of nitro groups is 1. The number of hydrogen-bond acceptors (Lipinski definition) is 4. The average molecular weight is 375 g/mol. The molecule has 6 nitrogen and oxygen atoms in total. The first-order valence-corrected chi connectivity index (χ1v) is 8.66. The predicted octanol–water partition coefficient (Wildman–Crippen LogP) is 3.96. The Morgan fingerprint density at radius 3 is 2.52 bits per heavy atom. The number of amides is 1. The number of halogens is 2. The molecule has 0 radical (unpaired) electrons. The maximum Gasteiger partial charge on any atom is 0.293 e. The van der Waals surface area contributed by atoms with Crippen molar-refractivity contribution in [2.75, 3.05) is 18.0 Å². The number of carbonyl (C=O) groups is 1. The Morgan fingerprint density at radius 1 is 1.19 bits per heavy atom. The quantitative estimate of drug-likeness (QED) is 0.634. The first-order chi connectivity index (χ1) is 12.9. The Hall–Kier alpha value is -3.03. The summed E-state index contributed by atoms with van der Waals surface area (Å²) in [4.78, 5) is 25.3. The van der Waals surface area contributed by atoms with Gasteiger partial charge < -0.3 is 10.2 Å². The third-order valence-corrected chi connectivity index (χ3v) is 4.66. The molecular formula is C19H19F2N3O3. The summed E-state index contributed by atoms with van der Waals surface area (Å²) in [5, 5.41) is 14.0. The highest BCUT2D eigenvalue weighted by atomic mass is 19.1. The van der Waals surface area contributed by atoms with Crippen LogP contribution < -0.4 is 10.2 Å². The zero-order valence-corrected chi connectivity index (χ0v) is 14.7. The zero-order valence-electron chi connectivity index (χ0n) is 14.7. The molecule has 1 aliphatic rings. The molecule has 0 aromatic heterocycles. The van der Waals surface area contributed by atoms with Crippen LogP contribution in [0.3, 0.4) is 0 Å². The van der Waals surface area contributed by atoms with Gasteiger partial charge in [0, 0.05) is 36.3 Å². The highest BCUT2D eigenvalue weighted by Gasteiger charge is 2.24. The summed E-state index contributed by atoms with van der Waals surface area (Å²) < 4.78 is 26.9. The first kappa shape index (κ1) is 18.8. The largest absolute Gasteiger partial charge is 0.366 e. The van der Waals surface area contributed by atoms with Gasteiger partial charge in [-0.05, 0) is 38.0 Å². The molecule has 1 aliphatic heterocycles. The van der Waals surface area contributed by atoms with Gasteiger partial charge in [-0.1, -0.05) is 6.07 Å². The third-order valence-electron chi connectivity index (χ3n) is 4.66. The van der Waals surface area contributed by atoms with Crippen LogP contribution in [-0.2, 0) is 0 Å². The minimum atomic E-state index is -0.766. The molecular weight excluding hydrogens is 356 g/mol. The summed E-state index contributed by atoms with van der Waals surface area (Å²) >= 11 is 0. The van der Waals surface area contributed by atoms with Crippen molar-refractivity contribution in [2.24, 2.45) is 0 Å². The van der Waals surface area contributed by atoms with Crippen LogP contribution in [0.5, 0.6) is 0 Å². The lowest BCUT2D eigenvalue weighted by Crippen LogP contribution is -2.27. The molecule has 0 bridgehead atoms. The zero-order chi connectivity index (χ0) is 19.6. The minimum Gasteiger partial charge on any atom is -0.366 e. The van der Waals surface area contributed by atoms with Crippen LogP contribution >= 0.6 is 0 Å². The van der Waals surface area contributed by atoms with E-state index < -0.39 is 28.5 Å². The second-order valence-electron chi connectivity index (χ2n) is 6.52. The van der Waals surface area contributed by atoms with Crippen LogP contribution in [0.1, 0.15) is 41.7 Å². The summed E-state index contributed by atoms with van der Waals surface area (Å²) in [5.41, 5.74) is 0.601. The van der Waals surface area contributed by atoms with E-state index in [9.17, 15) is 23.7 Å². The average Bonchev–Trinajstić information content (AvgIpc) is 3.15. The van der Waals surface area contributed by atoms with E-state index in [0.29, 0.717) is 5.69 Å². The monoisotopic (exact) mass is 375 g/mol. The van der Waals surface area contributed by atoms with Crippen LogP contribution in [-0.4, -0.2) is 23.9 Å². The van der Waals surface area contributed by atoms with Gasteiger partial charge in [-0.2, -0.15) is 0 Å². The predicted molar refractivity (Wildman–Crippen MR) is 96.8 cm³/mol. The molecule has 0 saturated carbocycles. The Kier molecular flexibility index (Phi) is 5.34. The van der Waals surface area contributed by atoms with Gasteiger partial charge in [0.05, 0.1) is 11.0 Å². The Morgan fingerprint density at radius 2 is 1.89 bits per heavy atom. The highest BCUT2D eigenvalue weighted by molar-refractivity contribution is 5.96. The van der Waals surface area contributed by atoms with Crippen LogP contribution in [0.2, 0.25) is 0 Å². The van der Waals surface area contributed by atoms with E-state index >= 15 is 0 Å². The Bertz CT molecular complexity index is 882. The fraction of sp³-hybridized carbons (Fsp3) is 0.316. The van der Waals surface area contributed by atoms with Gasteiger partial charge in [-0.25, -0.2) is 8.78 Å². The maximum atomic E-state index is 13.9. The summed E-state index contributed by atoms with van der Waals surface area (Å²) in [7, 11) is 0. The summed E-state index contributed by atoms with van der Waals surface area (Å²) in [6.07, 6.45) is 1.94. The summed E-state index contributed by atoms with van der Waals surface area (Å²) in [6.45, 7) is 3.04. The number of rotatable bonds is 5. The molecule has 1 saturated heterocycles. The molecule has 1 fully saturated rings. The van der Waals surface area contributed by atoms with Gasteiger partial charge in [0.15, 0.2) is 0 Å². The molecule has 1 unspecified atom stereocenters. The fourth-order valence-electron chi connectivity index (χ4n) is 3.25. The van der Waals surface area contributed by atoms with E-state index in [-0.39, 0.29) is 16.8 Å². The summed E-state index contributed by atoms with van der Waals surface area (Å²) in [5.74, 6) is -2.04. The number of nitro benzene ring substituents is 1. The molecule has 8 heteroatoms. The maximum absolute atomic E-state index is 13.9. The smallest absolute Gasteiger partial charge is 0.293 e. The molecule has 27 heavy (non-hydrogen) atoms. The first-order valence-electron chi connectivity index (χ1n) is 8.66. The normalized spacial score (nSPS) is 14.9. The Balaban J connectivity index is 1.81. The molecule has 0 spiro atoms. The topological polar surface area (TPSA) is 75.5 Å². The lowest BCUT2D eigenvalue weighted by Gasteiger charge is -2.18. The van der Waals surface area contributed by atoms with Gasteiger partial charge in [0.2, 0.25) is 0 Å². The van der Waals surface area contributed by atoms with Crippen molar-refractivity contribution in [3.63, 3.8) is 0 Å². The van der Waals surface area contributed by atoms with Crippen molar-refractivity contribution in [3.8, 4) is 0 Å². The Labute approximate surface area is 154 Å². The molecule has 1 atom stereocenters. The van der Waals surface area contributed by atoms with Crippen molar-refractivity contribution < 1.29 is 18.5 Å². The van der Waals surface area contributed by atoms with E-state index in [2.05, 4.69) is 5.32 Å². The van der Waals surface area contributed by atoms with E-state index in [1.54, 1.807) is 13.0 Å². The third kappa shape index (κ3) is 4.05. The lowest BCUT2D eigenvalue weighted by molar-refractivity contribution is -0.384. The second-order valence-corrected chi connectivity index (χ2v) is 6.52. The van der Waals surface area contributed by atoms with E-state index in [0.717, 1.165) is 38.1 Å². The number of nitrogens with zero attached hydrogens (tertiary/aromatic N) is 2. The number of hydrogen-bond donors (Lipinski definition) is 1. The van der Waals surface area contributed by atoms with Crippen LogP contribution in [0.4, 0.5) is 20.2 Å². The van der Waals surface area contributed by atoms with Gasteiger partial charge >= 0.3 is 0 Å². The van der Waals surface area contributed by atoms with Crippen LogP contribution in [0, 0.1) is 21.7 Å². The molecule has 2 aromatic rings. The van der Waals surface area contributed by atoms with E-state index in [4.69, 9.17) is 0 Å². The van der Waals surface area contributed by atoms with E-state index in [1.165, 1.54) is 18.2 Å². The molecule has 1 amide bonds. The molecule has 1 heterocycles. The summed E-state index contributed by atoms with van der Waals surface area (Å²) in [6, 6.07) is 6.71. The highest BCUT2D eigenvalue weighted by Crippen LogP contribution is 2.32. The van der Waals surface area contributed by atoms with Crippen molar-refractivity contribution >= 4 is 17.3 Å². The molecule has 142 valence electrons. The molecule has 1 N–H and O–H groups in total. The van der Waals surface area contributed by atoms with Crippen molar-refractivity contribution in [1.29, 1.82) is 0 Å². The van der Waals surface area contributed by atoms with Crippen molar-refractivity contribution in [3.05, 3.63) is 69.3 Å². The van der Waals surface area contributed by atoms with Crippen molar-refractivity contribution in [1.82, 2.24) is 5.32 Å². The van der Waals surface area contributed by atoms with Crippen LogP contribution in [0.25, 0.3) is 0 Å². The van der Waals surface area contributed by atoms with Gasteiger partial charge in [-0.3, -0.25) is 14.9 Å². The number of nitrogens with one attached hydrogen (secondary N) is 1. The van der Waals surface area contributed by atoms with Gasteiger partial charge in [-0.15, -0.1) is 0 Å². The number of carbonyl (C=O) groups excluding carboxylic acids is 1. The molecule has 3 rings (SSSR count). The van der Waals surface area contributed by atoms with E-state index in [1.807, 2.05) is 4.90 Å². The number of benzene rings is 2. The lowest BCUT2D eigenvalue weighted by atomic mass is 10.1. The second kappa shape index (κ2) is 7.69. The SMILES string of the molecule is CC(NC(=O)c1ccc(N2CCCC2)c([N+](=O)[O-])c1)c1ccc(F)cc1F. The fourth-order valence-corrected chi connectivity index (χ4v) is 3.25. The molecule has 0 aliphatic carbocycles. The van der Waals surface area contributed by atoms with Gasteiger partial charge in [0.1, 0.15) is 17.3 Å². The standard InChI is InChI=1S/C19H19F2N3O3/c1-12(15-6-5-14(20)11-16(15)21)22-19(25)13-4-7-17(18(10-13)24(26)27)23-8-2-3-9-23/h4-7,10-12H,2-3,8-9H2,1H3,(H,22,25). The van der Waals surface area contributed by atoms with Crippen molar-refractivity contribution in [2.45, 2.75) is 25.8 Å². The van der Waals surface area contributed by atoms with Gasteiger partial charge in [0.25, 0.3) is 11.6 Å². The molecule has 2 aromatic carbocycles. The number of anilines is 1. The minimum absolute atomic E-state index is 0.110.